The van der Waals surface area contributed by atoms with E-state index in [0.29, 0.717) is 18.1 Å². The number of aromatic hydroxyl groups is 1. The van der Waals surface area contributed by atoms with Gasteiger partial charge in [-0.15, -0.1) is 0 Å². The molecule has 2 aliphatic rings. The third kappa shape index (κ3) is 3.20. The number of fused-ring (bicyclic) bond motifs is 1. The molecular weight excluding hydrogens is 368 g/mol. The van der Waals surface area contributed by atoms with E-state index >= 15 is 0 Å². The van der Waals surface area contributed by atoms with Gasteiger partial charge < -0.3 is 19.7 Å². The van der Waals surface area contributed by atoms with E-state index < -0.39 is 0 Å². The molecule has 1 aromatic carbocycles. The molecule has 0 bridgehead atoms. The standard InChI is InChI=1S/C23H28N2O4/c1-22(2,3)20-19-17(12-7-8-14(26)16(9-12)28-6)18-13(24-21(19)29-25-20)10-23(4,5)11-15(18)27/h7-9,17,24,26H,10-11H2,1-6H3/t17-/m1/s1. The van der Waals surface area contributed by atoms with Crippen LogP contribution in [0.25, 0.3) is 0 Å². The maximum absolute atomic E-state index is 13.3. The van der Waals surface area contributed by atoms with Crippen molar-refractivity contribution >= 4 is 11.7 Å². The third-order valence-electron chi connectivity index (χ3n) is 5.74. The highest BCUT2D eigenvalue weighted by Crippen LogP contribution is 2.52. The average Bonchev–Trinajstić information content (AvgIpc) is 3.03. The molecule has 154 valence electrons. The van der Waals surface area contributed by atoms with E-state index in [-0.39, 0.29) is 28.3 Å². The second kappa shape index (κ2) is 6.37. The highest BCUT2D eigenvalue weighted by molar-refractivity contribution is 6.01. The van der Waals surface area contributed by atoms with Crippen LogP contribution in [-0.2, 0) is 10.2 Å². The first-order chi connectivity index (χ1) is 13.5. The van der Waals surface area contributed by atoms with Gasteiger partial charge in [-0.3, -0.25) is 4.79 Å². The summed E-state index contributed by atoms with van der Waals surface area (Å²) in [6, 6.07) is 5.25. The molecule has 1 aliphatic heterocycles. The molecule has 0 unspecified atom stereocenters. The Morgan fingerprint density at radius 1 is 1.28 bits per heavy atom. The number of hydrogen-bond donors (Lipinski definition) is 2. The zero-order valence-electron chi connectivity index (χ0n) is 17.8. The van der Waals surface area contributed by atoms with Gasteiger partial charge >= 0.3 is 0 Å². The van der Waals surface area contributed by atoms with Crippen LogP contribution in [0.5, 0.6) is 11.5 Å². The number of ketones is 1. The van der Waals surface area contributed by atoms with Crippen molar-refractivity contribution in [3.63, 3.8) is 0 Å². The van der Waals surface area contributed by atoms with Gasteiger partial charge in [-0.2, -0.15) is 0 Å². The number of carbonyl (C=O) groups is 1. The van der Waals surface area contributed by atoms with E-state index in [9.17, 15) is 9.90 Å². The molecule has 29 heavy (non-hydrogen) atoms. The summed E-state index contributed by atoms with van der Waals surface area (Å²) in [5.41, 5.74) is 3.86. The van der Waals surface area contributed by atoms with Crippen LogP contribution >= 0.6 is 0 Å². The maximum Gasteiger partial charge on any atom is 0.233 e. The first-order valence-corrected chi connectivity index (χ1v) is 9.92. The van der Waals surface area contributed by atoms with Gasteiger partial charge in [0, 0.05) is 29.0 Å². The molecule has 4 rings (SSSR count). The van der Waals surface area contributed by atoms with Crippen LogP contribution in [0.15, 0.2) is 34.0 Å². The number of methoxy groups -OCH3 is 1. The molecule has 2 N–H and O–H groups in total. The van der Waals surface area contributed by atoms with Crippen LogP contribution in [0.2, 0.25) is 0 Å². The fourth-order valence-corrected chi connectivity index (χ4v) is 4.47. The first-order valence-electron chi connectivity index (χ1n) is 9.92. The summed E-state index contributed by atoms with van der Waals surface area (Å²) in [5, 5.41) is 17.8. The Kier molecular flexibility index (Phi) is 4.30. The van der Waals surface area contributed by atoms with Crippen molar-refractivity contribution < 1.29 is 19.2 Å². The summed E-state index contributed by atoms with van der Waals surface area (Å²) in [5.74, 6) is 0.850. The Bertz CT molecular complexity index is 1020. The molecule has 0 spiro atoms. The van der Waals surface area contributed by atoms with Crippen LogP contribution in [0, 0.1) is 5.41 Å². The minimum Gasteiger partial charge on any atom is -0.504 e. The number of rotatable bonds is 2. The van der Waals surface area contributed by atoms with Crippen molar-refractivity contribution in [2.24, 2.45) is 5.41 Å². The maximum atomic E-state index is 13.3. The number of hydrogen-bond acceptors (Lipinski definition) is 6. The van der Waals surface area contributed by atoms with E-state index in [0.717, 1.165) is 34.5 Å². The fraction of sp³-hybridized carbons (Fsp3) is 0.478. The smallest absolute Gasteiger partial charge is 0.233 e. The molecule has 1 aromatic heterocycles. The predicted molar refractivity (Wildman–Crippen MR) is 110 cm³/mol. The second-order valence-corrected chi connectivity index (χ2v) is 9.85. The van der Waals surface area contributed by atoms with E-state index in [4.69, 9.17) is 9.26 Å². The monoisotopic (exact) mass is 396 g/mol. The normalized spacial score (nSPS) is 20.8. The number of aromatic nitrogens is 1. The highest BCUT2D eigenvalue weighted by atomic mass is 16.5. The van der Waals surface area contributed by atoms with Gasteiger partial charge in [0.2, 0.25) is 5.88 Å². The molecule has 0 amide bonds. The van der Waals surface area contributed by atoms with Crippen LogP contribution in [0.3, 0.4) is 0 Å². The van der Waals surface area contributed by atoms with Gasteiger partial charge in [0.25, 0.3) is 0 Å². The topological polar surface area (TPSA) is 84.6 Å². The first kappa shape index (κ1) is 19.6. The van der Waals surface area contributed by atoms with Gasteiger partial charge in [-0.05, 0) is 29.5 Å². The molecule has 2 heterocycles. The lowest BCUT2D eigenvalue weighted by Gasteiger charge is -2.38. The lowest BCUT2D eigenvalue weighted by molar-refractivity contribution is -0.118. The number of benzene rings is 1. The Hall–Kier alpha value is -2.76. The van der Waals surface area contributed by atoms with E-state index in [1.54, 1.807) is 12.1 Å². The summed E-state index contributed by atoms with van der Waals surface area (Å²) < 4.78 is 11.0. The second-order valence-electron chi connectivity index (χ2n) is 9.85. The van der Waals surface area contributed by atoms with Crippen molar-refractivity contribution in [2.45, 2.75) is 58.8 Å². The Morgan fingerprint density at radius 3 is 2.66 bits per heavy atom. The van der Waals surface area contributed by atoms with Gasteiger partial charge in [0.15, 0.2) is 17.3 Å². The molecular formula is C23H28N2O4. The Morgan fingerprint density at radius 2 is 2.00 bits per heavy atom. The van der Waals surface area contributed by atoms with Crippen molar-refractivity contribution in [3.8, 4) is 11.5 Å². The molecule has 0 fully saturated rings. The molecule has 6 nitrogen and oxygen atoms in total. The van der Waals surface area contributed by atoms with E-state index in [2.05, 4.69) is 45.1 Å². The molecule has 0 saturated heterocycles. The number of allylic oxidation sites excluding steroid dienone is 2. The largest absolute Gasteiger partial charge is 0.504 e. The summed E-state index contributed by atoms with van der Waals surface area (Å²) in [7, 11) is 1.52. The van der Waals surface area contributed by atoms with Gasteiger partial charge in [-0.25, -0.2) is 0 Å². The van der Waals surface area contributed by atoms with Crippen molar-refractivity contribution in [1.82, 2.24) is 5.16 Å². The lowest BCUT2D eigenvalue weighted by Crippen LogP contribution is -2.34. The average molecular weight is 396 g/mol. The molecule has 1 atom stereocenters. The zero-order chi connectivity index (χ0) is 21.1. The quantitative estimate of drug-likeness (QED) is 0.752. The molecule has 1 aliphatic carbocycles. The van der Waals surface area contributed by atoms with Crippen molar-refractivity contribution in [1.29, 1.82) is 0 Å². The van der Waals surface area contributed by atoms with Crippen molar-refractivity contribution in [2.75, 3.05) is 12.4 Å². The Balaban J connectivity index is 1.98. The van der Waals surface area contributed by atoms with Crippen LogP contribution in [0.4, 0.5) is 5.88 Å². The van der Waals surface area contributed by atoms with Gasteiger partial charge in [-0.1, -0.05) is 45.8 Å². The SMILES string of the molecule is COc1cc([C@@H]2C3=C(CC(C)(C)CC3=O)Nc3onc(C(C)(C)C)c32)ccc1O. The lowest BCUT2D eigenvalue weighted by atomic mass is 9.68. The zero-order valence-corrected chi connectivity index (χ0v) is 17.8. The molecule has 6 heteroatoms. The number of nitrogens with one attached hydrogen (secondary N) is 1. The summed E-state index contributed by atoms with van der Waals surface area (Å²) >= 11 is 0. The minimum absolute atomic E-state index is 0.0667. The van der Waals surface area contributed by atoms with E-state index in [1.807, 2.05) is 6.07 Å². The highest BCUT2D eigenvalue weighted by Gasteiger charge is 2.44. The number of Topliss-reactive ketones (excluding diaryl/α,β-unsaturated/α-hetero) is 1. The van der Waals surface area contributed by atoms with Crippen LogP contribution < -0.4 is 10.1 Å². The summed E-state index contributed by atoms with van der Waals surface area (Å²) in [6.45, 7) is 10.4. The number of anilines is 1. The third-order valence-corrected chi connectivity index (χ3v) is 5.74. The van der Waals surface area contributed by atoms with Crippen molar-refractivity contribution in [3.05, 3.63) is 46.3 Å². The van der Waals surface area contributed by atoms with Gasteiger partial charge in [0.1, 0.15) is 0 Å². The van der Waals surface area contributed by atoms with E-state index in [1.165, 1.54) is 7.11 Å². The number of carbonyl (C=O) groups excluding carboxylic acids is 1. The number of ether oxygens (including phenoxy) is 1. The minimum atomic E-state index is -0.320. The van der Waals surface area contributed by atoms with Gasteiger partial charge in [0.05, 0.1) is 18.4 Å². The summed E-state index contributed by atoms with van der Waals surface area (Å²) in [4.78, 5) is 13.3. The van der Waals surface area contributed by atoms with Crippen LogP contribution in [0.1, 0.15) is 70.2 Å². The van der Waals surface area contributed by atoms with Crippen LogP contribution in [-0.4, -0.2) is 23.2 Å². The number of phenols is 1. The molecule has 0 saturated carbocycles. The predicted octanol–water partition coefficient (Wildman–Crippen LogP) is 4.89. The Labute approximate surface area is 170 Å². The molecule has 2 aromatic rings. The molecule has 0 radical (unpaired) electrons. The summed E-state index contributed by atoms with van der Waals surface area (Å²) in [6.07, 6.45) is 1.25. The number of phenolic OH excluding ortho intramolecular Hbond substituents is 1. The number of nitrogens with zero attached hydrogens (tertiary/aromatic N) is 1. The fourth-order valence-electron chi connectivity index (χ4n) is 4.47.